The lowest BCUT2D eigenvalue weighted by atomic mass is 9.99. The highest BCUT2D eigenvalue weighted by Gasteiger charge is 2.28. The van der Waals surface area contributed by atoms with Crippen LogP contribution in [0.15, 0.2) is 6.20 Å². The summed E-state index contributed by atoms with van der Waals surface area (Å²) < 4.78 is 15.4. The Hall–Kier alpha value is -1.40. The second-order valence-corrected chi connectivity index (χ2v) is 4.20. The van der Waals surface area contributed by atoms with Crippen LogP contribution >= 0.6 is 0 Å². The fraction of sp³-hybridized carbons (Fsp3) is 0.667. The molecule has 6 heteroatoms. The Morgan fingerprint density at radius 2 is 1.83 bits per heavy atom. The molecule has 1 heterocycles. The van der Waals surface area contributed by atoms with Crippen LogP contribution in [-0.4, -0.2) is 42.5 Å². The van der Waals surface area contributed by atoms with Crippen molar-refractivity contribution >= 4 is 0 Å². The predicted octanol–water partition coefficient (Wildman–Crippen LogP) is 1.20. The van der Waals surface area contributed by atoms with E-state index < -0.39 is 6.10 Å². The van der Waals surface area contributed by atoms with E-state index >= 15 is 0 Å². The van der Waals surface area contributed by atoms with Crippen molar-refractivity contribution in [1.29, 1.82) is 0 Å². The van der Waals surface area contributed by atoms with Crippen LogP contribution in [0.4, 0.5) is 0 Å². The van der Waals surface area contributed by atoms with Crippen LogP contribution in [0.5, 0.6) is 11.8 Å². The summed E-state index contributed by atoms with van der Waals surface area (Å²) in [6.45, 7) is 3.92. The molecule has 0 aliphatic heterocycles. The molecule has 0 aliphatic rings. The van der Waals surface area contributed by atoms with Crippen molar-refractivity contribution in [3.63, 3.8) is 0 Å². The summed E-state index contributed by atoms with van der Waals surface area (Å²) in [4.78, 5) is 8.21. The molecule has 18 heavy (non-hydrogen) atoms. The maximum atomic E-state index is 10.3. The molecule has 0 spiro atoms. The van der Waals surface area contributed by atoms with E-state index in [1.807, 2.05) is 13.8 Å². The van der Waals surface area contributed by atoms with E-state index in [-0.39, 0.29) is 17.9 Å². The fourth-order valence-electron chi connectivity index (χ4n) is 1.74. The molecule has 0 aliphatic carbocycles. The van der Waals surface area contributed by atoms with E-state index in [2.05, 4.69) is 9.97 Å². The first-order valence-electron chi connectivity index (χ1n) is 5.70. The Balaban J connectivity index is 3.07. The van der Waals surface area contributed by atoms with Crippen molar-refractivity contribution in [1.82, 2.24) is 9.97 Å². The third-order valence-corrected chi connectivity index (χ3v) is 2.67. The van der Waals surface area contributed by atoms with Gasteiger partial charge in [0.1, 0.15) is 11.8 Å². The third-order valence-electron chi connectivity index (χ3n) is 2.67. The van der Waals surface area contributed by atoms with Crippen molar-refractivity contribution in [2.45, 2.75) is 26.1 Å². The molecule has 0 saturated heterocycles. The summed E-state index contributed by atoms with van der Waals surface area (Å²) in [7, 11) is 4.51. The van der Waals surface area contributed by atoms with Crippen molar-refractivity contribution in [2.24, 2.45) is 5.92 Å². The minimum Gasteiger partial charge on any atom is -0.480 e. The predicted molar refractivity (Wildman–Crippen MR) is 65.7 cm³/mol. The molecule has 6 nitrogen and oxygen atoms in total. The van der Waals surface area contributed by atoms with E-state index in [9.17, 15) is 5.11 Å². The summed E-state index contributed by atoms with van der Waals surface area (Å²) in [6.07, 6.45) is 0.165. The van der Waals surface area contributed by atoms with Gasteiger partial charge in [-0.25, -0.2) is 4.98 Å². The minimum atomic E-state index is -0.900. The lowest BCUT2D eigenvalue weighted by Gasteiger charge is -2.25. The maximum absolute atomic E-state index is 10.3. The normalized spacial score (nSPS) is 14.4. The van der Waals surface area contributed by atoms with Gasteiger partial charge in [0, 0.05) is 7.11 Å². The first-order chi connectivity index (χ1) is 8.54. The zero-order valence-corrected chi connectivity index (χ0v) is 11.4. The second-order valence-electron chi connectivity index (χ2n) is 4.20. The average molecular weight is 256 g/mol. The Morgan fingerprint density at radius 1 is 1.17 bits per heavy atom. The summed E-state index contributed by atoms with van der Waals surface area (Å²) in [5.74, 6) is 0.712. The van der Waals surface area contributed by atoms with E-state index in [0.717, 1.165) is 0 Å². The van der Waals surface area contributed by atoms with Gasteiger partial charge in [0.2, 0.25) is 11.8 Å². The quantitative estimate of drug-likeness (QED) is 0.824. The van der Waals surface area contributed by atoms with Gasteiger partial charge in [-0.2, -0.15) is 4.98 Å². The lowest BCUT2D eigenvalue weighted by molar-refractivity contribution is -0.0421. The first-order valence-corrected chi connectivity index (χ1v) is 5.70. The highest BCUT2D eigenvalue weighted by molar-refractivity contribution is 5.25. The van der Waals surface area contributed by atoms with E-state index in [0.29, 0.717) is 11.6 Å². The summed E-state index contributed by atoms with van der Waals surface area (Å²) in [6, 6.07) is 0. The van der Waals surface area contributed by atoms with Crippen LogP contribution in [0.3, 0.4) is 0 Å². The number of aliphatic hydroxyl groups excluding tert-OH is 1. The van der Waals surface area contributed by atoms with Crippen LogP contribution in [0.1, 0.15) is 25.6 Å². The largest absolute Gasteiger partial charge is 0.480 e. The molecule has 0 amide bonds. The van der Waals surface area contributed by atoms with Crippen LogP contribution in [0, 0.1) is 5.92 Å². The average Bonchev–Trinajstić information content (AvgIpc) is 2.38. The number of rotatable bonds is 6. The minimum absolute atomic E-state index is 0.138. The Bertz CT molecular complexity index is 384. The van der Waals surface area contributed by atoms with Crippen LogP contribution in [0.25, 0.3) is 0 Å². The summed E-state index contributed by atoms with van der Waals surface area (Å²) in [5.41, 5.74) is 0.346. The summed E-state index contributed by atoms with van der Waals surface area (Å²) in [5, 5.41) is 10.3. The van der Waals surface area contributed by atoms with Crippen LogP contribution in [0.2, 0.25) is 0 Å². The molecule has 2 unspecified atom stereocenters. The van der Waals surface area contributed by atoms with Gasteiger partial charge in [0.25, 0.3) is 0 Å². The number of hydrogen-bond donors (Lipinski definition) is 1. The molecule has 1 N–H and O–H groups in total. The zero-order valence-electron chi connectivity index (χ0n) is 11.4. The highest BCUT2D eigenvalue weighted by atomic mass is 16.5. The van der Waals surface area contributed by atoms with Gasteiger partial charge in [-0.15, -0.1) is 0 Å². The van der Waals surface area contributed by atoms with E-state index in [1.165, 1.54) is 20.4 Å². The topological polar surface area (TPSA) is 73.7 Å². The molecule has 2 atom stereocenters. The van der Waals surface area contributed by atoms with Crippen molar-refractivity contribution in [3.8, 4) is 11.8 Å². The molecule has 0 fully saturated rings. The number of aromatic nitrogens is 2. The number of aliphatic hydroxyl groups is 1. The molecule has 1 aromatic rings. The lowest BCUT2D eigenvalue weighted by Crippen LogP contribution is -2.27. The van der Waals surface area contributed by atoms with Gasteiger partial charge in [-0.3, -0.25) is 0 Å². The molecule has 0 aromatic carbocycles. The van der Waals surface area contributed by atoms with Gasteiger partial charge in [0.15, 0.2) is 0 Å². The number of ether oxygens (including phenoxy) is 3. The Kier molecular flexibility index (Phi) is 5.30. The Morgan fingerprint density at radius 3 is 2.28 bits per heavy atom. The van der Waals surface area contributed by atoms with Crippen LogP contribution < -0.4 is 9.47 Å². The van der Waals surface area contributed by atoms with Gasteiger partial charge < -0.3 is 19.3 Å². The van der Waals surface area contributed by atoms with Crippen molar-refractivity contribution in [2.75, 3.05) is 21.3 Å². The maximum Gasteiger partial charge on any atom is 0.241 e. The summed E-state index contributed by atoms with van der Waals surface area (Å²) >= 11 is 0. The smallest absolute Gasteiger partial charge is 0.241 e. The van der Waals surface area contributed by atoms with Gasteiger partial charge >= 0.3 is 0 Å². The fourth-order valence-corrected chi connectivity index (χ4v) is 1.74. The molecule has 0 radical (unpaired) electrons. The number of hydrogen-bond acceptors (Lipinski definition) is 6. The third kappa shape index (κ3) is 3.08. The molecule has 1 rings (SSSR count). The van der Waals surface area contributed by atoms with Gasteiger partial charge in [-0.05, 0) is 5.92 Å². The van der Waals surface area contributed by atoms with Crippen molar-refractivity contribution < 1.29 is 19.3 Å². The monoisotopic (exact) mass is 256 g/mol. The molecule has 102 valence electrons. The Labute approximate surface area is 107 Å². The van der Waals surface area contributed by atoms with Gasteiger partial charge in [-0.1, -0.05) is 13.8 Å². The number of methoxy groups -OCH3 is 3. The molecular formula is C12H20N2O4. The highest BCUT2D eigenvalue weighted by Crippen LogP contribution is 2.29. The molecule has 1 aromatic heterocycles. The van der Waals surface area contributed by atoms with E-state index in [4.69, 9.17) is 14.2 Å². The molecule has 0 saturated carbocycles. The molecular weight excluding hydrogens is 236 g/mol. The van der Waals surface area contributed by atoms with Crippen LogP contribution in [-0.2, 0) is 4.74 Å². The zero-order chi connectivity index (χ0) is 13.7. The van der Waals surface area contributed by atoms with Crippen molar-refractivity contribution in [3.05, 3.63) is 11.9 Å². The first kappa shape index (κ1) is 14.7. The standard InChI is InChI=1S/C12H20N2O4/c1-7(2)11(17-4)10(15)9-12(18-5)14-8(16-3)6-13-9/h6-7,10-11,15H,1-5H3. The SMILES string of the molecule is COc1cnc(C(O)C(OC)C(C)C)c(OC)n1. The van der Waals surface area contributed by atoms with Gasteiger partial charge in [0.05, 0.1) is 26.5 Å². The second kappa shape index (κ2) is 6.51. The van der Waals surface area contributed by atoms with E-state index in [1.54, 1.807) is 7.11 Å². The number of nitrogens with zero attached hydrogens (tertiary/aromatic N) is 2. The molecule has 0 bridgehead atoms.